The Balaban J connectivity index is 2.75. The number of nitrogens with one attached hydrogen (secondary N) is 2. The highest BCUT2D eigenvalue weighted by atomic mass is 32.1. The zero-order chi connectivity index (χ0) is 14.5. The van der Waals surface area contributed by atoms with E-state index in [1.165, 1.54) is 5.56 Å². The summed E-state index contributed by atoms with van der Waals surface area (Å²) in [6, 6.07) is 8.43. The van der Waals surface area contributed by atoms with E-state index < -0.39 is 0 Å². The van der Waals surface area contributed by atoms with E-state index in [1.54, 1.807) is 7.11 Å². The standard InChI is InChI=1S/C15H24N2OS/c1-11(10-18-5)16-14(19)17-13-9-7-6-8-12(13)15(2,3)4/h6-9,11H,10H2,1-5H3,(H2,16,17,19). The van der Waals surface area contributed by atoms with Crippen LogP contribution in [0, 0.1) is 0 Å². The van der Waals surface area contributed by atoms with Gasteiger partial charge in [-0.15, -0.1) is 0 Å². The van der Waals surface area contributed by atoms with Crippen LogP contribution in [0.15, 0.2) is 24.3 Å². The van der Waals surface area contributed by atoms with Crippen molar-refractivity contribution in [3.63, 3.8) is 0 Å². The van der Waals surface area contributed by atoms with Gasteiger partial charge in [-0.05, 0) is 36.2 Å². The minimum Gasteiger partial charge on any atom is -0.383 e. The molecule has 1 rings (SSSR count). The Labute approximate surface area is 121 Å². The maximum absolute atomic E-state index is 5.33. The first-order valence-electron chi connectivity index (χ1n) is 6.50. The average molecular weight is 280 g/mol. The van der Waals surface area contributed by atoms with Gasteiger partial charge >= 0.3 is 0 Å². The molecule has 0 amide bonds. The van der Waals surface area contributed by atoms with E-state index in [1.807, 2.05) is 13.0 Å². The van der Waals surface area contributed by atoms with Gasteiger partial charge in [0, 0.05) is 18.8 Å². The molecule has 0 aliphatic heterocycles. The lowest BCUT2D eigenvalue weighted by Gasteiger charge is -2.24. The third-order valence-corrected chi connectivity index (χ3v) is 3.00. The Morgan fingerprint density at radius 1 is 1.32 bits per heavy atom. The third-order valence-electron chi connectivity index (χ3n) is 2.78. The van der Waals surface area contributed by atoms with Crippen LogP contribution in [0.1, 0.15) is 33.3 Å². The molecular formula is C15H24N2OS. The number of rotatable bonds is 4. The zero-order valence-corrected chi connectivity index (χ0v) is 13.2. The van der Waals surface area contributed by atoms with Crippen LogP contribution in [0.2, 0.25) is 0 Å². The summed E-state index contributed by atoms with van der Waals surface area (Å²) in [6.45, 7) is 9.24. The molecule has 0 saturated heterocycles. The number of thiocarbonyl (C=S) groups is 1. The number of hydrogen-bond donors (Lipinski definition) is 2. The van der Waals surface area contributed by atoms with Crippen LogP contribution in [-0.4, -0.2) is 24.9 Å². The first kappa shape index (κ1) is 15.9. The lowest BCUT2D eigenvalue weighted by Crippen LogP contribution is -2.38. The summed E-state index contributed by atoms with van der Waals surface area (Å²) in [5.41, 5.74) is 2.38. The Hall–Kier alpha value is -1.13. The zero-order valence-electron chi connectivity index (χ0n) is 12.4. The first-order valence-corrected chi connectivity index (χ1v) is 6.91. The fourth-order valence-corrected chi connectivity index (χ4v) is 2.23. The van der Waals surface area contributed by atoms with E-state index in [2.05, 4.69) is 49.6 Å². The monoisotopic (exact) mass is 280 g/mol. The average Bonchev–Trinajstić information content (AvgIpc) is 2.28. The van der Waals surface area contributed by atoms with E-state index >= 15 is 0 Å². The Morgan fingerprint density at radius 3 is 2.53 bits per heavy atom. The van der Waals surface area contributed by atoms with Crippen molar-refractivity contribution < 1.29 is 4.74 Å². The fraction of sp³-hybridized carbons (Fsp3) is 0.533. The Morgan fingerprint density at radius 2 is 1.95 bits per heavy atom. The minimum atomic E-state index is 0.0807. The molecule has 1 atom stereocenters. The number of methoxy groups -OCH3 is 1. The van der Waals surface area contributed by atoms with Gasteiger partial charge in [0.05, 0.1) is 6.61 Å². The third kappa shape index (κ3) is 5.17. The molecule has 3 nitrogen and oxygen atoms in total. The van der Waals surface area contributed by atoms with E-state index in [9.17, 15) is 0 Å². The number of ether oxygens (including phenoxy) is 1. The SMILES string of the molecule is COCC(C)NC(=S)Nc1ccccc1C(C)(C)C. The van der Waals surface area contributed by atoms with Gasteiger partial charge < -0.3 is 15.4 Å². The molecule has 1 aromatic rings. The maximum Gasteiger partial charge on any atom is 0.171 e. The highest BCUT2D eigenvalue weighted by Gasteiger charge is 2.18. The fourth-order valence-electron chi connectivity index (χ4n) is 1.92. The van der Waals surface area contributed by atoms with Crippen LogP contribution in [0.3, 0.4) is 0 Å². The molecule has 0 fully saturated rings. The van der Waals surface area contributed by atoms with Gasteiger partial charge in [0.1, 0.15) is 0 Å². The van der Waals surface area contributed by atoms with Gasteiger partial charge in [-0.1, -0.05) is 39.0 Å². The van der Waals surface area contributed by atoms with Crippen molar-refractivity contribution in [1.29, 1.82) is 0 Å². The molecule has 0 aliphatic carbocycles. The van der Waals surface area contributed by atoms with Crippen LogP contribution in [0.5, 0.6) is 0 Å². The highest BCUT2D eigenvalue weighted by molar-refractivity contribution is 7.80. The van der Waals surface area contributed by atoms with Crippen molar-refractivity contribution in [2.24, 2.45) is 0 Å². The van der Waals surface area contributed by atoms with Gasteiger partial charge in [0.2, 0.25) is 0 Å². The molecule has 106 valence electrons. The molecule has 0 radical (unpaired) electrons. The first-order chi connectivity index (χ1) is 8.84. The smallest absolute Gasteiger partial charge is 0.171 e. The number of hydrogen-bond acceptors (Lipinski definition) is 2. The summed E-state index contributed by atoms with van der Waals surface area (Å²) in [6.07, 6.45) is 0. The number of anilines is 1. The largest absolute Gasteiger partial charge is 0.383 e. The molecule has 1 unspecified atom stereocenters. The molecule has 0 aromatic heterocycles. The summed E-state index contributed by atoms with van der Waals surface area (Å²) >= 11 is 5.33. The van der Waals surface area contributed by atoms with Crippen molar-refractivity contribution in [3.8, 4) is 0 Å². The van der Waals surface area contributed by atoms with Gasteiger partial charge in [0.25, 0.3) is 0 Å². The Bertz CT molecular complexity index is 426. The van der Waals surface area contributed by atoms with E-state index in [4.69, 9.17) is 17.0 Å². The molecule has 19 heavy (non-hydrogen) atoms. The van der Waals surface area contributed by atoms with Crippen LogP contribution >= 0.6 is 12.2 Å². The van der Waals surface area contributed by atoms with Crippen molar-refractivity contribution in [2.75, 3.05) is 19.0 Å². The van der Waals surface area contributed by atoms with Gasteiger partial charge in [-0.3, -0.25) is 0 Å². The normalized spacial score (nSPS) is 12.9. The molecule has 0 aliphatic rings. The predicted molar refractivity (Wildman–Crippen MR) is 85.8 cm³/mol. The molecule has 4 heteroatoms. The molecular weight excluding hydrogens is 256 g/mol. The molecule has 1 aromatic carbocycles. The predicted octanol–water partition coefficient (Wildman–Crippen LogP) is 3.31. The lowest BCUT2D eigenvalue weighted by molar-refractivity contribution is 0.179. The van der Waals surface area contributed by atoms with E-state index in [0.717, 1.165) is 5.69 Å². The summed E-state index contributed by atoms with van der Waals surface area (Å²) in [7, 11) is 1.68. The molecule has 0 spiro atoms. The van der Waals surface area contributed by atoms with Crippen LogP contribution in [0.4, 0.5) is 5.69 Å². The quantitative estimate of drug-likeness (QED) is 0.829. The van der Waals surface area contributed by atoms with Gasteiger partial charge in [-0.2, -0.15) is 0 Å². The molecule has 0 saturated carbocycles. The van der Waals surface area contributed by atoms with Gasteiger partial charge in [-0.25, -0.2) is 0 Å². The van der Waals surface area contributed by atoms with Crippen molar-refractivity contribution in [3.05, 3.63) is 29.8 Å². The Kier molecular flexibility index (Phi) is 5.76. The van der Waals surface area contributed by atoms with E-state index in [-0.39, 0.29) is 11.5 Å². The molecule has 2 N–H and O–H groups in total. The van der Waals surface area contributed by atoms with Crippen molar-refractivity contribution >= 4 is 23.0 Å². The number of benzene rings is 1. The molecule has 0 heterocycles. The summed E-state index contributed by atoms with van der Waals surface area (Å²) in [5.74, 6) is 0. The van der Waals surface area contributed by atoms with Crippen LogP contribution in [-0.2, 0) is 10.2 Å². The van der Waals surface area contributed by atoms with Gasteiger partial charge in [0.15, 0.2) is 5.11 Å². The second-order valence-corrected chi connectivity index (χ2v) is 6.16. The number of para-hydroxylation sites is 1. The van der Waals surface area contributed by atoms with Crippen LogP contribution < -0.4 is 10.6 Å². The van der Waals surface area contributed by atoms with Crippen molar-refractivity contribution in [2.45, 2.75) is 39.2 Å². The van der Waals surface area contributed by atoms with E-state index in [0.29, 0.717) is 11.7 Å². The minimum absolute atomic E-state index is 0.0807. The summed E-state index contributed by atoms with van der Waals surface area (Å²) < 4.78 is 5.08. The highest BCUT2D eigenvalue weighted by Crippen LogP contribution is 2.29. The van der Waals surface area contributed by atoms with Crippen molar-refractivity contribution in [1.82, 2.24) is 5.32 Å². The van der Waals surface area contributed by atoms with Crippen LogP contribution in [0.25, 0.3) is 0 Å². The summed E-state index contributed by atoms with van der Waals surface area (Å²) in [4.78, 5) is 0. The second-order valence-electron chi connectivity index (χ2n) is 5.75. The maximum atomic E-state index is 5.33. The topological polar surface area (TPSA) is 33.3 Å². The molecule has 0 bridgehead atoms. The second kappa shape index (κ2) is 6.87. The lowest BCUT2D eigenvalue weighted by atomic mass is 9.86. The summed E-state index contributed by atoms with van der Waals surface area (Å²) in [5, 5.41) is 7.10.